The van der Waals surface area contributed by atoms with Crippen LogP contribution < -0.4 is 10.6 Å². The SMILES string of the molecule is O=C(NC(Nc1ccc(Cl)cc1)(C(F)(F)F)C(F)(F)F)c1cccnc1. The zero-order valence-corrected chi connectivity index (χ0v) is 13.4. The number of pyridine rings is 1. The Labute approximate surface area is 148 Å². The molecule has 2 N–H and O–H groups in total. The maximum atomic E-state index is 13.5. The molecule has 0 saturated carbocycles. The number of hydrogen-bond donors (Lipinski definition) is 2. The van der Waals surface area contributed by atoms with Gasteiger partial charge >= 0.3 is 18.0 Å². The Morgan fingerprint density at radius 3 is 2.00 bits per heavy atom. The van der Waals surface area contributed by atoms with Gasteiger partial charge in [-0.25, -0.2) is 0 Å². The lowest BCUT2D eigenvalue weighted by atomic mass is 10.1. The van der Waals surface area contributed by atoms with E-state index in [4.69, 9.17) is 11.6 Å². The standard InChI is InChI=1S/C15H10ClF6N3O/c16-10-3-5-11(6-4-10)24-13(14(17,18)19,15(20,21)22)25-12(26)9-2-1-7-23-8-9/h1-8,24H,(H,25,26). The summed E-state index contributed by atoms with van der Waals surface area (Å²) >= 11 is 5.58. The number of hydrogen-bond acceptors (Lipinski definition) is 3. The van der Waals surface area contributed by atoms with Crippen molar-refractivity contribution in [2.24, 2.45) is 0 Å². The van der Waals surface area contributed by atoms with Crippen molar-refractivity contribution in [1.82, 2.24) is 10.3 Å². The Morgan fingerprint density at radius 1 is 0.962 bits per heavy atom. The first-order chi connectivity index (χ1) is 12.0. The summed E-state index contributed by atoms with van der Waals surface area (Å²) in [5.74, 6) is -1.60. The molecule has 0 aliphatic rings. The molecule has 2 rings (SSSR count). The number of nitrogens with zero attached hydrogens (tertiary/aromatic N) is 1. The molecular weight excluding hydrogens is 388 g/mol. The van der Waals surface area contributed by atoms with Crippen LogP contribution >= 0.6 is 11.6 Å². The summed E-state index contributed by atoms with van der Waals surface area (Å²) in [5, 5.41) is 2.47. The van der Waals surface area contributed by atoms with Gasteiger partial charge in [0.05, 0.1) is 5.56 Å². The number of benzene rings is 1. The van der Waals surface area contributed by atoms with Crippen molar-refractivity contribution in [3.63, 3.8) is 0 Å². The highest BCUT2D eigenvalue weighted by atomic mass is 35.5. The van der Waals surface area contributed by atoms with Crippen molar-refractivity contribution < 1.29 is 31.1 Å². The molecule has 140 valence electrons. The summed E-state index contributed by atoms with van der Waals surface area (Å²) in [7, 11) is 0. The third-order valence-corrected chi connectivity index (χ3v) is 3.50. The lowest BCUT2D eigenvalue weighted by Gasteiger charge is -2.39. The summed E-state index contributed by atoms with van der Waals surface area (Å²) in [6.07, 6.45) is -9.77. The van der Waals surface area contributed by atoms with E-state index in [-0.39, 0.29) is 5.02 Å². The maximum absolute atomic E-state index is 13.5. The van der Waals surface area contributed by atoms with Crippen molar-refractivity contribution in [2.75, 3.05) is 5.32 Å². The first-order valence-corrected chi connectivity index (χ1v) is 7.24. The molecule has 0 saturated heterocycles. The van der Waals surface area contributed by atoms with Crippen molar-refractivity contribution >= 4 is 23.2 Å². The maximum Gasteiger partial charge on any atom is 0.439 e. The molecule has 26 heavy (non-hydrogen) atoms. The Hall–Kier alpha value is -2.49. The zero-order valence-electron chi connectivity index (χ0n) is 12.6. The molecule has 0 fully saturated rings. The predicted molar refractivity (Wildman–Crippen MR) is 81.6 cm³/mol. The minimum Gasteiger partial charge on any atom is -0.348 e. The number of halogens is 7. The number of amides is 1. The van der Waals surface area contributed by atoms with Crippen LogP contribution in [0.4, 0.5) is 32.0 Å². The summed E-state index contributed by atoms with van der Waals surface area (Å²) in [4.78, 5) is 15.5. The molecule has 0 unspecified atom stereocenters. The summed E-state index contributed by atoms with van der Waals surface area (Å²) in [6.45, 7) is 0. The van der Waals surface area contributed by atoms with Crippen molar-refractivity contribution in [3.05, 3.63) is 59.4 Å². The fourth-order valence-corrected chi connectivity index (χ4v) is 2.09. The van der Waals surface area contributed by atoms with Crippen LogP contribution in [0.3, 0.4) is 0 Å². The van der Waals surface area contributed by atoms with E-state index in [0.717, 1.165) is 41.8 Å². The van der Waals surface area contributed by atoms with Crippen molar-refractivity contribution in [2.45, 2.75) is 18.0 Å². The number of carbonyl (C=O) groups is 1. The third-order valence-electron chi connectivity index (χ3n) is 3.25. The second-order valence-electron chi connectivity index (χ2n) is 5.07. The van der Waals surface area contributed by atoms with Crippen LogP contribution in [0.5, 0.6) is 0 Å². The fourth-order valence-electron chi connectivity index (χ4n) is 1.96. The topological polar surface area (TPSA) is 54.0 Å². The molecule has 1 aromatic carbocycles. The van der Waals surface area contributed by atoms with Gasteiger partial charge in [-0.15, -0.1) is 0 Å². The quantitative estimate of drug-likeness (QED) is 0.594. The Balaban J connectivity index is 2.49. The molecule has 0 radical (unpaired) electrons. The van der Waals surface area contributed by atoms with E-state index in [2.05, 4.69) is 4.98 Å². The van der Waals surface area contributed by atoms with Crippen LogP contribution in [-0.4, -0.2) is 28.9 Å². The van der Waals surface area contributed by atoms with E-state index in [9.17, 15) is 31.1 Å². The highest BCUT2D eigenvalue weighted by Crippen LogP contribution is 2.43. The van der Waals surface area contributed by atoms with E-state index < -0.39 is 35.2 Å². The number of aromatic nitrogens is 1. The molecule has 4 nitrogen and oxygen atoms in total. The summed E-state index contributed by atoms with van der Waals surface area (Å²) in [5.41, 5.74) is -5.74. The lowest BCUT2D eigenvalue weighted by Crippen LogP contribution is -2.72. The highest BCUT2D eigenvalue weighted by molar-refractivity contribution is 6.30. The van der Waals surface area contributed by atoms with Crippen LogP contribution in [0.25, 0.3) is 0 Å². The molecule has 0 aliphatic carbocycles. The van der Waals surface area contributed by atoms with Gasteiger partial charge in [0.15, 0.2) is 0 Å². The van der Waals surface area contributed by atoms with Crippen LogP contribution in [0, 0.1) is 0 Å². The van der Waals surface area contributed by atoms with Gasteiger partial charge < -0.3 is 10.6 Å². The first kappa shape index (κ1) is 19.8. The largest absolute Gasteiger partial charge is 0.439 e. The monoisotopic (exact) mass is 397 g/mol. The molecule has 1 heterocycles. The van der Waals surface area contributed by atoms with Crippen LogP contribution in [0.2, 0.25) is 5.02 Å². The average Bonchev–Trinajstić information content (AvgIpc) is 2.54. The molecule has 0 bridgehead atoms. The molecule has 1 aromatic heterocycles. The molecule has 11 heteroatoms. The van der Waals surface area contributed by atoms with Crippen molar-refractivity contribution in [3.8, 4) is 0 Å². The first-order valence-electron chi connectivity index (χ1n) is 6.86. The molecule has 1 amide bonds. The van der Waals surface area contributed by atoms with E-state index in [0.29, 0.717) is 0 Å². The van der Waals surface area contributed by atoms with E-state index in [1.165, 1.54) is 17.6 Å². The number of rotatable bonds is 4. The van der Waals surface area contributed by atoms with Crippen molar-refractivity contribution in [1.29, 1.82) is 0 Å². The van der Waals surface area contributed by atoms with Crippen LogP contribution in [0.1, 0.15) is 10.4 Å². The Kier molecular flexibility index (Phi) is 5.36. The average molecular weight is 398 g/mol. The van der Waals surface area contributed by atoms with Crippen LogP contribution in [-0.2, 0) is 0 Å². The summed E-state index contributed by atoms with van der Waals surface area (Å²) < 4.78 is 80.8. The minimum absolute atomic E-state index is 0.111. The smallest absolute Gasteiger partial charge is 0.348 e. The van der Waals surface area contributed by atoms with Gasteiger partial charge in [-0.2, -0.15) is 26.3 Å². The van der Waals surface area contributed by atoms with Gasteiger partial charge in [0.2, 0.25) is 0 Å². The second kappa shape index (κ2) is 7.02. The van der Waals surface area contributed by atoms with Gasteiger partial charge in [0.25, 0.3) is 5.91 Å². The minimum atomic E-state index is -5.91. The third kappa shape index (κ3) is 4.01. The normalized spacial score (nSPS) is 12.6. The van der Waals surface area contributed by atoms with Gasteiger partial charge in [-0.1, -0.05) is 11.6 Å². The molecular formula is C15H10ClF6N3O. The van der Waals surface area contributed by atoms with E-state index in [1.54, 1.807) is 0 Å². The number of alkyl halides is 6. The highest BCUT2D eigenvalue weighted by Gasteiger charge is 2.72. The predicted octanol–water partition coefficient (Wildman–Crippen LogP) is 4.40. The molecule has 2 aromatic rings. The Morgan fingerprint density at radius 2 is 1.54 bits per heavy atom. The van der Waals surface area contributed by atoms with Gasteiger partial charge in [-0.3, -0.25) is 9.78 Å². The summed E-state index contributed by atoms with van der Waals surface area (Å²) in [6, 6.07) is 6.27. The second-order valence-corrected chi connectivity index (χ2v) is 5.51. The molecule has 0 atom stereocenters. The molecule has 0 aliphatic heterocycles. The van der Waals surface area contributed by atoms with E-state index >= 15 is 0 Å². The van der Waals surface area contributed by atoms with Gasteiger partial charge in [-0.05, 0) is 36.4 Å². The zero-order chi connectivity index (χ0) is 19.6. The van der Waals surface area contributed by atoms with E-state index in [1.807, 2.05) is 0 Å². The Bertz CT molecular complexity index is 748. The van der Waals surface area contributed by atoms with Crippen LogP contribution in [0.15, 0.2) is 48.8 Å². The lowest BCUT2D eigenvalue weighted by molar-refractivity contribution is -0.294. The van der Waals surface area contributed by atoms with Gasteiger partial charge in [0, 0.05) is 23.1 Å². The van der Waals surface area contributed by atoms with Gasteiger partial charge in [0.1, 0.15) is 0 Å². The number of anilines is 1. The molecule has 0 spiro atoms. The fraction of sp³-hybridized carbons (Fsp3) is 0.200. The number of carbonyl (C=O) groups excluding carboxylic acids is 1. The number of nitrogens with one attached hydrogen (secondary N) is 2.